The van der Waals surface area contributed by atoms with Crippen LogP contribution in [0.25, 0.3) is 5.65 Å². The maximum atomic E-state index is 4.68. The number of hydrogen-bond acceptors (Lipinski definition) is 3. The lowest BCUT2D eigenvalue weighted by atomic mass is 9.98. The number of rotatable bonds is 1. The average molecular weight is 216 g/mol. The predicted octanol–water partition coefficient (Wildman–Crippen LogP) is 1.50. The zero-order valence-corrected chi connectivity index (χ0v) is 9.48. The smallest absolute Gasteiger partial charge is 0.139 e. The van der Waals surface area contributed by atoms with Crippen molar-refractivity contribution < 1.29 is 0 Å². The molecule has 4 nitrogen and oxygen atoms in total. The lowest BCUT2D eigenvalue weighted by molar-refractivity contribution is 0.443. The summed E-state index contributed by atoms with van der Waals surface area (Å²) in [5.74, 6) is 1.67. The first-order valence-electron chi connectivity index (χ1n) is 5.86. The van der Waals surface area contributed by atoms with Gasteiger partial charge in [0.05, 0.1) is 0 Å². The SMILES string of the molecule is Cc1cc2nccn2c(C2CCCNC2)n1. The van der Waals surface area contributed by atoms with Crippen LogP contribution in [0.1, 0.15) is 30.3 Å². The third-order valence-corrected chi connectivity index (χ3v) is 3.21. The molecule has 3 rings (SSSR count). The standard InChI is InChI=1S/C12H16N4/c1-9-7-11-14-5-6-16(11)12(15-9)10-3-2-4-13-8-10/h5-7,10,13H,2-4,8H2,1H3. The molecule has 1 N–H and O–H groups in total. The molecule has 2 aromatic heterocycles. The van der Waals surface area contributed by atoms with Crippen molar-refractivity contribution in [3.8, 4) is 0 Å². The van der Waals surface area contributed by atoms with Crippen molar-refractivity contribution in [3.05, 3.63) is 30.0 Å². The van der Waals surface area contributed by atoms with Gasteiger partial charge in [0.2, 0.25) is 0 Å². The molecule has 16 heavy (non-hydrogen) atoms. The summed E-state index contributed by atoms with van der Waals surface area (Å²) in [6, 6.07) is 2.03. The Morgan fingerprint density at radius 2 is 2.44 bits per heavy atom. The highest BCUT2D eigenvalue weighted by Gasteiger charge is 2.19. The molecule has 0 saturated carbocycles. The van der Waals surface area contributed by atoms with E-state index in [0.717, 1.165) is 30.3 Å². The Hall–Kier alpha value is -1.42. The minimum Gasteiger partial charge on any atom is -0.316 e. The molecule has 1 fully saturated rings. The van der Waals surface area contributed by atoms with Crippen molar-refractivity contribution in [3.63, 3.8) is 0 Å². The van der Waals surface area contributed by atoms with Gasteiger partial charge in [-0.15, -0.1) is 0 Å². The molecule has 0 aromatic carbocycles. The molecule has 3 heterocycles. The predicted molar refractivity (Wildman–Crippen MR) is 62.6 cm³/mol. The van der Waals surface area contributed by atoms with Crippen LogP contribution in [0.2, 0.25) is 0 Å². The third kappa shape index (κ3) is 1.59. The first-order chi connectivity index (χ1) is 7.84. The van der Waals surface area contributed by atoms with Gasteiger partial charge in [0.1, 0.15) is 11.5 Å². The van der Waals surface area contributed by atoms with Gasteiger partial charge in [0, 0.05) is 36.6 Å². The maximum absolute atomic E-state index is 4.68. The Morgan fingerprint density at radius 3 is 3.25 bits per heavy atom. The summed E-state index contributed by atoms with van der Waals surface area (Å²) in [6.45, 7) is 4.20. The number of aromatic nitrogens is 3. The van der Waals surface area contributed by atoms with E-state index in [1.807, 2.05) is 25.4 Å². The van der Waals surface area contributed by atoms with Gasteiger partial charge in [-0.3, -0.25) is 4.40 Å². The number of aryl methyl sites for hydroxylation is 1. The highest BCUT2D eigenvalue weighted by molar-refractivity contribution is 5.40. The Bertz CT molecular complexity index is 497. The second-order valence-electron chi connectivity index (χ2n) is 4.45. The molecular formula is C12H16N4. The Labute approximate surface area is 94.7 Å². The van der Waals surface area contributed by atoms with E-state index in [4.69, 9.17) is 0 Å². The molecular weight excluding hydrogens is 200 g/mol. The van der Waals surface area contributed by atoms with Crippen molar-refractivity contribution in [1.29, 1.82) is 0 Å². The minimum atomic E-state index is 0.519. The second kappa shape index (κ2) is 3.87. The molecule has 4 heteroatoms. The van der Waals surface area contributed by atoms with Crippen LogP contribution in [-0.2, 0) is 0 Å². The van der Waals surface area contributed by atoms with Gasteiger partial charge < -0.3 is 5.32 Å². The molecule has 0 bridgehead atoms. The van der Waals surface area contributed by atoms with Crippen LogP contribution >= 0.6 is 0 Å². The van der Waals surface area contributed by atoms with Crippen molar-refractivity contribution in [1.82, 2.24) is 19.7 Å². The summed E-state index contributed by atoms with van der Waals surface area (Å²) in [5, 5.41) is 3.44. The number of nitrogens with one attached hydrogen (secondary N) is 1. The molecule has 1 aliphatic rings. The van der Waals surface area contributed by atoms with Crippen LogP contribution in [-0.4, -0.2) is 27.5 Å². The molecule has 1 atom stereocenters. The maximum Gasteiger partial charge on any atom is 0.139 e. The summed E-state index contributed by atoms with van der Waals surface area (Å²) in [5.41, 5.74) is 2.06. The fourth-order valence-corrected chi connectivity index (χ4v) is 2.43. The molecule has 0 aliphatic carbocycles. The van der Waals surface area contributed by atoms with Crippen molar-refractivity contribution in [2.24, 2.45) is 0 Å². The largest absolute Gasteiger partial charge is 0.316 e. The molecule has 1 unspecified atom stereocenters. The van der Waals surface area contributed by atoms with E-state index in [1.54, 1.807) is 0 Å². The van der Waals surface area contributed by atoms with Gasteiger partial charge >= 0.3 is 0 Å². The summed E-state index contributed by atoms with van der Waals surface area (Å²) >= 11 is 0. The highest BCUT2D eigenvalue weighted by atomic mass is 15.1. The molecule has 0 radical (unpaired) electrons. The van der Waals surface area contributed by atoms with E-state index < -0.39 is 0 Å². The first kappa shape index (κ1) is 9.78. The van der Waals surface area contributed by atoms with Crippen LogP contribution < -0.4 is 5.32 Å². The number of imidazole rings is 1. The van der Waals surface area contributed by atoms with E-state index in [2.05, 4.69) is 19.7 Å². The molecule has 0 spiro atoms. The van der Waals surface area contributed by atoms with Crippen LogP contribution in [0.3, 0.4) is 0 Å². The van der Waals surface area contributed by atoms with Gasteiger partial charge in [-0.2, -0.15) is 0 Å². The topological polar surface area (TPSA) is 42.2 Å². The quantitative estimate of drug-likeness (QED) is 0.785. The first-order valence-corrected chi connectivity index (χ1v) is 5.86. The number of fused-ring (bicyclic) bond motifs is 1. The molecule has 2 aromatic rings. The van der Waals surface area contributed by atoms with Gasteiger partial charge in [-0.25, -0.2) is 9.97 Å². The normalized spacial score (nSPS) is 21.4. The summed E-state index contributed by atoms with van der Waals surface area (Å²) < 4.78 is 2.12. The molecule has 1 saturated heterocycles. The Morgan fingerprint density at radius 1 is 1.50 bits per heavy atom. The van der Waals surface area contributed by atoms with E-state index in [9.17, 15) is 0 Å². The number of nitrogens with zero attached hydrogens (tertiary/aromatic N) is 3. The van der Waals surface area contributed by atoms with Gasteiger partial charge in [0.15, 0.2) is 0 Å². The molecule has 1 aliphatic heterocycles. The van der Waals surface area contributed by atoms with Gasteiger partial charge in [-0.05, 0) is 26.3 Å². The Balaban J connectivity index is 2.09. The van der Waals surface area contributed by atoms with E-state index in [1.165, 1.54) is 12.8 Å². The highest BCUT2D eigenvalue weighted by Crippen LogP contribution is 2.22. The van der Waals surface area contributed by atoms with Crippen molar-refractivity contribution in [2.45, 2.75) is 25.7 Å². The number of hydrogen-bond donors (Lipinski definition) is 1. The van der Waals surface area contributed by atoms with E-state index >= 15 is 0 Å². The van der Waals surface area contributed by atoms with Gasteiger partial charge in [0.25, 0.3) is 0 Å². The van der Waals surface area contributed by atoms with Crippen LogP contribution in [0, 0.1) is 6.92 Å². The number of piperidine rings is 1. The zero-order chi connectivity index (χ0) is 11.0. The van der Waals surface area contributed by atoms with Crippen LogP contribution in [0.15, 0.2) is 18.5 Å². The second-order valence-corrected chi connectivity index (χ2v) is 4.45. The summed E-state index contributed by atoms with van der Waals surface area (Å²) in [7, 11) is 0. The summed E-state index contributed by atoms with van der Waals surface area (Å²) in [4.78, 5) is 9.02. The van der Waals surface area contributed by atoms with Crippen molar-refractivity contribution >= 4 is 5.65 Å². The lowest BCUT2D eigenvalue weighted by Gasteiger charge is -2.23. The van der Waals surface area contributed by atoms with Crippen molar-refractivity contribution in [2.75, 3.05) is 13.1 Å². The molecule has 0 amide bonds. The fourth-order valence-electron chi connectivity index (χ4n) is 2.43. The molecule has 84 valence electrons. The van der Waals surface area contributed by atoms with E-state index in [-0.39, 0.29) is 0 Å². The van der Waals surface area contributed by atoms with Gasteiger partial charge in [-0.1, -0.05) is 0 Å². The monoisotopic (exact) mass is 216 g/mol. The third-order valence-electron chi connectivity index (χ3n) is 3.21. The summed E-state index contributed by atoms with van der Waals surface area (Å²) in [6.07, 6.45) is 6.30. The lowest BCUT2D eigenvalue weighted by Crippen LogP contribution is -2.30. The van der Waals surface area contributed by atoms with Crippen LogP contribution in [0.4, 0.5) is 0 Å². The average Bonchev–Trinajstić information content (AvgIpc) is 2.77. The zero-order valence-electron chi connectivity index (χ0n) is 9.48. The fraction of sp³-hybridized carbons (Fsp3) is 0.500. The minimum absolute atomic E-state index is 0.519. The Kier molecular flexibility index (Phi) is 2.36. The van der Waals surface area contributed by atoms with Crippen LogP contribution in [0.5, 0.6) is 0 Å². The van der Waals surface area contributed by atoms with E-state index in [0.29, 0.717) is 5.92 Å².